The molecule has 1 saturated carbocycles. The fraction of sp³-hybridized carbons (Fsp3) is 0.720. The van der Waals surface area contributed by atoms with Crippen molar-refractivity contribution in [3.8, 4) is 5.75 Å². The molecular formula is C25H39N3O2. The van der Waals surface area contributed by atoms with Gasteiger partial charge in [0, 0.05) is 44.2 Å². The molecule has 3 aliphatic rings. The SMILES string of the molecule is Cc1ccc2c(c1)CN(CCC(=O)NCC1CCN(C3CCCC3)CC1)CC(C)O2. The second-order valence-corrected chi connectivity index (χ2v) is 9.75. The van der Waals surface area contributed by atoms with E-state index < -0.39 is 0 Å². The summed E-state index contributed by atoms with van der Waals surface area (Å²) in [6, 6.07) is 7.23. The highest BCUT2D eigenvalue weighted by molar-refractivity contribution is 5.76. The molecule has 30 heavy (non-hydrogen) atoms. The molecule has 1 unspecified atom stereocenters. The molecule has 1 atom stereocenters. The number of hydrogen-bond donors (Lipinski definition) is 1. The van der Waals surface area contributed by atoms with Gasteiger partial charge in [-0.3, -0.25) is 9.69 Å². The topological polar surface area (TPSA) is 44.8 Å². The molecule has 1 aliphatic carbocycles. The number of aryl methyl sites for hydroxylation is 1. The number of piperidine rings is 1. The van der Waals surface area contributed by atoms with Gasteiger partial charge in [0.15, 0.2) is 0 Å². The number of likely N-dealkylation sites (tertiary alicyclic amines) is 1. The van der Waals surface area contributed by atoms with Crippen LogP contribution in [0.1, 0.15) is 63.0 Å². The molecule has 1 aromatic carbocycles. The molecule has 2 aliphatic heterocycles. The molecule has 166 valence electrons. The first-order valence-electron chi connectivity index (χ1n) is 12.1. The monoisotopic (exact) mass is 413 g/mol. The van der Waals surface area contributed by atoms with Crippen LogP contribution in [-0.2, 0) is 11.3 Å². The van der Waals surface area contributed by atoms with Gasteiger partial charge >= 0.3 is 0 Å². The first-order valence-corrected chi connectivity index (χ1v) is 12.1. The van der Waals surface area contributed by atoms with Crippen LogP contribution in [0.3, 0.4) is 0 Å². The highest BCUT2D eigenvalue weighted by Crippen LogP contribution is 2.28. The third-order valence-electron chi connectivity index (χ3n) is 7.19. The second-order valence-electron chi connectivity index (χ2n) is 9.75. The van der Waals surface area contributed by atoms with Crippen LogP contribution in [0.25, 0.3) is 0 Å². The molecule has 5 heteroatoms. The van der Waals surface area contributed by atoms with Crippen LogP contribution in [0.2, 0.25) is 0 Å². The molecule has 0 spiro atoms. The molecule has 1 N–H and O–H groups in total. The van der Waals surface area contributed by atoms with Crippen LogP contribution in [-0.4, -0.2) is 60.6 Å². The zero-order valence-electron chi connectivity index (χ0n) is 18.9. The van der Waals surface area contributed by atoms with Gasteiger partial charge in [-0.2, -0.15) is 0 Å². The van der Waals surface area contributed by atoms with Gasteiger partial charge in [0.2, 0.25) is 5.91 Å². The minimum Gasteiger partial charge on any atom is -0.489 e. The number of carbonyl (C=O) groups excluding carboxylic acids is 1. The molecule has 0 aromatic heterocycles. The Hall–Kier alpha value is -1.59. The molecule has 2 heterocycles. The van der Waals surface area contributed by atoms with Gasteiger partial charge < -0.3 is 15.0 Å². The van der Waals surface area contributed by atoms with E-state index in [0.717, 1.165) is 38.0 Å². The minimum absolute atomic E-state index is 0.141. The normalized spacial score (nSPS) is 24.3. The summed E-state index contributed by atoms with van der Waals surface area (Å²) in [5, 5.41) is 3.22. The van der Waals surface area contributed by atoms with Crippen molar-refractivity contribution in [2.45, 2.75) is 77.5 Å². The van der Waals surface area contributed by atoms with E-state index in [0.29, 0.717) is 12.3 Å². The first-order chi connectivity index (χ1) is 14.6. The number of amides is 1. The fourth-order valence-electron chi connectivity index (χ4n) is 5.44. The van der Waals surface area contributed by atoms with Crippen molar-refractivity contribution >= 4 is 5.91 Å². The Morgan fingerprint density at radius 2 is 1.93 bits per heavy atom. The minimum atomic E-state index is 0.141. The lowest BCUT2D eigenvalue weighted by Gasteiger charge is -2.36. The van der Waals surface area contributed by atoms with Gasteiger partial charge in [-0.1, -0.05) is 30.5 Å². The van der Waals surface area contributed by atoms with Crippen LogP contribution >= 0.6 is 0 Å². The Bertz CT molecular complexity index is 708. The number of nitrogens with zero attached hydrogens (tertiary/aromatic N) is 2. The van der Waals surface area contributed by atoms with E-state index in [1.807, 2.05) is 0 Å². The van der Waals surface area contributed by atoms with Gasteiger partial charge in [-0.25, -0.2) is 0 Å². The smallest absolute Gasteiger partial charge is 0.221 e. The van der Waals surface area contributed by atoms with Gasteiger partial charge in [0.1, 0.15) is 11.9 Å². The molecule has 2 fully saturated rings. The number of nitrogens with one attached hydrogen (secondary N) is 1. The lowest BCUT2D eigenvalue weighted by molar-refractivity contribution is -0.121. The van der Waals surface area contributed by atoms with Gasteiger partial charge in [0.25, 0.3) is 0 Å². The maximum Gasteiger partial charge on any atom is 0.221 e. The highest BCUT2D eigenvalue weighted by atomic mass is 16.5. The van der Waals surface area contributed by atoms with E-state index in [1.165, 1.54) is 62.7 Å². The van der Waals surface area contributed by atoms with Crippen molar-refractivity contribution < 1.29 is 9.53 Å². The van der Waals surface area contributed by atoms with Crippen molar-refractivity contribution in [1.82, 2.24) is 15.1 Å². The predicted octanol–water partition coefficient (Wildman–Crippen LogP) is 3.74. The van der Waals surface area contributed by atoms with Gasteiger partial charge in [-0.15, -0.1) is 0 Å². The van der Waals surface area contributed by atoms with Crippen LogP contribution in [0.4, 0.5) is 0 Å². The molecule has 1 saturated heterocycles. The summed E-state index contributed by atoms with van der Waals surface area (Å²) >= 11 is 0. The molecular weight excluding hydrogens is 374 g/mol. The van der Waals surface area contributed by atoms with Crippen LogP contribution in [0, 0.1) is 12.8 Å². The third kappa shape index (κ3) is 5.76. The fourth-order valence-corrected chi connectivity index (χ4v) is 5.44. The number of ether oxygens (including phenoxy) is 1. The molecule has 1 amide bonds. The Kier molecular flexibility index (Phi) is 7.32. The average Bonchev–Trinajstić information content (AvgIpc) is 3.22. The van der Waals surface area contributed by atoms with E-state index in [4.69, 9.17) is 4.74 Å². The van der Waals surface area contributed by atoms with E-state index in [2.05, 4.69) is 47.2 Å². The Morgan fingerprint density at radius 3 is 2.70 bits per heavy atom. The van der Waals surface area contributed by atoms with Crippen molar-refractivity contribution in [2.75, 3.05) is 32.7 Å². The largest absolute Gasteiger partial charge is 0.489 e. The lowest BCUT2D eigenvalue weighted by Crippen LogP contribution is -2.43. The number of fused-ring (bicyclic) bond motifs is 1. The molecule has 0 bridgehead atoms. The third-order valence-corrected chi connectivity index (χ3v) is 7.19. The van der Waals surface area contributed by atoms with Gasteiger partial charge in [-0.05, 0) is 64.6 Å². The van der Waals surface area contributed by atoms with Crippen molar-refractivity contribution in [3.63, 3.8) is 0 Å². The Labute approximate surface area is 182 Å². The lowest BCUT2D eigenvalue weighted by atomic mass is 9.95. The standard InChI is InChI=1S/C25H39N3O2/c1-19-7-8-24-22(15-19)18-27(17-20(2)30-24)12-11-25(29)26-16-21-9-13-28(14-10-21)23-5-3-4-6-23/h7-8,15,20-21,23H,3-6,9-14,16-18H2,1-2H3,(H,26,29). The van der Waals surface area contributed by atoms with Crippen molar-refractivity contribution in [3.05, 3.63) is 29.3 Å². The summed E-state index contributed by atoms with van der Waals surface area (Å²) in [4.78, 5) is 17.5. The summed E-state index contributed by atoms with van der Waals surface area (Å²) in [5.41, 5.74) is 2.48. The highest BCUT2D eigenvalue weighted by Gasteiger charge is 2.27. The molecule has 0 radical (unpaired) electrons. The summed E-state index contributed by atoms with van der Waals surface area (Å²) in [6.45, 7) is 10.0. The predicted molar refractivity (Wildman–Crippen MR) is 121 cm³/mol. The molecule has 1 aromatic rings. The van der Waals surface area contributed by atoms with E-state index in [9.17, 15) is 4.79 Å². The second kappa shape index (κ2) is 10.1. The van der Waals surface area contributed by atoms with Crippen LogP contribution in [0.5, 0.6) is 5.75 Å². The summed E-state index contributed by atoms with van der Waals surface area (Å²) in [6.07, 6.45) is 8.78. The van der Waals surface area contributed by atoms with E-state index in [1.54, 1.807) is 0 Å². The molecule has 4 rings (SSSR count). The number of carbonyl (C=O) groups is 1. The maximum atomic E-state index is 12.5. The van der Waals surface area contributed by atoms with Gasteiger partial charge in [0.05, 0.1) is 0 Å². The Balaban J connectivity index is 1.18. The zero-order valence-corrected chi connectivity index (χ0v) is 18.9. The number of hydrogen-bond acceptors (Lipinski definition) is 4. The van der Waals surface area contributed by atoms with E-state index in [-0.39, 0.29) is 12.0 Å². The van der Waals surface area contributed by atoms with Crippen molar-refractivity contribution in [2.24, 2.45) is 5.92 Å². The zero-order chi connectivity index (χ0) is 20.9. The molecule has 5 nitrogen and oxygen atoms in total. The first kappa shape index (κ1) is 21.6. The van der Waals surface area contributed by atoms with Crippen LogP contribution in [0.15, 0.2) is 18.2 Å². The Morgan fingerprint density at radius 1 is 1.17 bits per heavy atom. The van der Waals surface area contributed by atoms with Crippen LogP contribution < -0.4 is 10.1 Å². The number of benzene rings is 1. The maximum absolute atomic E-state index is 12.5. The summed E-state index contributed by atoms with van der Waals surface area (Å²) in [7, 11) is 0. The quantitative estimate of drug-likeness (QED) is 0.772. The van der Waals surface area contributed by atoms with Crippen molar-refractivity contribution in [1.29, 1.82) is 0 Å². The summed E-state index contributed by atoms with van der Waals surface area (Å²) in [5.74, 6) is 1.83. The number of rotatable bonds is 6. The average molecular weight is 414 g/mol. The van der Waals surface area contributed by atoms with E-state index >= 15 is 0 Å². The summed E-state index contributed by atoms with van der Waals surface area (Å²) < 4.78 is 6.07.